The summed E-state index contributed by atoms with van der Waals surface area (Å²) in [5.74, 6) is 0.182. The molecule has 0 atom stereocenters. The first-order valence-corrected chi connectivity index (χ1v) is 11.6. The lowest BCUT2D eigenvalue weighted by Crippen LogP contribution is -2.32. The van der Waals surface area contributed by atoms with Gasteiger partial charge in [0.1, 0.15) is 12.1 Å². The first kappa shape index (κ1) is 22.4. The number of carbonyl (C=O) groups is 1. The molecule has 1 amide bonds. The van der Waals surface area contributed by atoms with E-state index < -0.39 is 0 Å². The van der Waals surface area contributed by atoms with Gasteiger partial charge in [0.15, 0.2) is 5.16 Å². The summed E-state index contributed by atoms with van der Waals surface area (Å²) in [4.78, 5) is 30.5. The number of amides is 1. The average molecular weight is 447 g/mol. The maximum Gasteiger partial charge on any atom is 0.278 e. The number of nitrogens with zero attached hydrogens (tertiary/aromatic N) is 3. The Kier molecular flexibility index (Phi) is 7.26. The first-order chi connectivity index (χ1) is 14.3. The molecule has 0 aliphatic rings. The SMILES string of the molecule is CSc1nc2cc(C)n(CC(=O)NCCc3ccc(Cl)cc3)c2c(=O)n1CC(C)C. The Morgan fingerprint density at radius 3 is 2.57 bits per heavy atom. The van der Waals surface area contributed by atoms with Crippen molar-refractivity contribution in [3.05, 3.63) is 57.0 Å². The number of aryl methyl sites for hydroxylation is 1. The van der Waals surface area contributed by atoms with E-state index in [4.69, 9.17) is 11.6 Å². The highest BCUT2D eigenvalue weighted by Crippen LogP contribution is 2.20. The molecule has 0 aliphatic heterocycles. The number of thioether (sulfide) groups is 1. The Labute approximate surface area is 185 Å². The molecule has 1 N–H and O–H groups in total. The predicted molar refractivity (Wildman–Crippen MR) is 124 cm³/mol. The summed E-state index contributed by atoms with van der Waals surface area (Å²) < 4.78 is 3.48. The van der Waals surface area contributed by atoms with Crippen LogP contribution in [0.3, 0.4) is 0 Å². The maximum atomic E-state index is 13.2. The molecule has 2 aromatic heterocycles. The van der Waals surface area contributed by atoms with Crippen molar-refractivity contribution in [2.24, 2.45) is 5.92 Å². The molecule has 0 aliphatic carbocycles. The van der Waals surface area contributed by atoms with Gasteiger partial charge in [0.2, 0.25) is 5.91 Å². The van der Waals surface area contributed by atoms with Crippen molar-refractivity contribution in [3.63, 3.8) is 0 Å². The fraction of sp³-hybridized carbons (Fsp3) is 0.409. The summed E-state index contributed by atoms with van der Waals surface area (Å²) in [6, 6.07) is 9.45. The van der Waals surface area contributed by atoms with Gasteiger partial charge < -0.3 is 9.88 Å². The van der Waals surface area contributed by atoms with Crippen molar-refractivity contribution in [3.8, 4) is 0 Å². The van der Waals surface area contributed by atoms with E-state index in [0.717, 1.165) is 11.3 Å². The van der Waals surface area contributed by atoms with Gasteiger partial charge in [0, 0.05) is 23.8 Å². The number of rotatable bonds is 8. The normalized spacial score (nSPS) is 11.4. The summed E-state index contributed by atoms with van der Waals surface area (Å²) in [6.45, 7) is 7.24. The van der Waals surface area contributed by atoms with E-state index in [-0.39, 0.29) is 18.0 Å². The summed E-state index contributed by atoms with van der Waals surface area (Å²) in [5.41, 5.74) is 2.97. The van der Waals surface area contributed by atoms with Crippen LogP contribution in [0.2, 0.25) is 5.02 Å². The monoisotopic (exact) mass is 446 g/mol. The van der Waals surface area contributed by atoms with Gasteiger partial charge in [-0.15, -0.1) is 0 Å². The van der Waals surface area contributed by atoms with Crippen molar-refractivity contribution in [1.82, 2.24) is 19.4 Å². The van der Waals surface area contributed by atoms with Crippen molar-refractivity contribution < 1.29 is 4.79 Å². The van der Waals surface area contributed by atoms with Crippen molar-refractivity contribution in [2.45, 2.75) is 45.4 Å². The molecule has 160 valence electrons. The third kappa shape index (κ3) is 5.08. The second-order valence-electron chi connectivity index (χ2n) is 7.74. The van der Waals surface area contributed by atoms with Gasteiger partial charge in [-0.1, -0.05) is 49.3 Å². The van der Waals surface area contributed by atoms with Crippen molar-refractivity contribution >= 4 is 40.3 Å². The van der Waals surface area contributed by atoms with E-state index >= 15 is 0 Å². The molecular weight excluding hydrogens is 420 g/mol. The van der Waals surface area contributed by atoms with Crippen LogP contribution in [-0.4, -0.2) is 32.8 Å². The Hall–Kier alpha value is -2.25. The van der Waals surface area contributed by atoms with E-state index in [0.29, 0.717) is 46.6 Å². The van der Waals surface area contributed by atoms with E-state index in [1.165, 1.54) is 11.8 Å². The van der Waals surface area contributed by atoms with Crippen molar-refractivity contribution in [1.29, 1.82) is 0 Å². The molecule has 1 aromatic carbocycles. The van der Waals surface area contributed by atoms with Crippen LogP contribution in [0.25, 0.3) is 11.0 Å². The van der Waals surface area contributed by atoms with Gasteiger partial charge in [-0.25, -0.2) is 4.98 Å². The largest absolute Gasteiger partial charge is 0.354 e. The highest BCUT2D eigenvalue weighted by molar-refractivity contribution is 7.98. The lowest BCUT2D eigenvalue weighted by molar-refractivity contribution is -0.121. The first-order valence-electron chi connectivity index (χ1n) is 9.96. The third-order valence-electron chi connectivity index (χ3n) is 4.86. The molecule has 0 radical (unpaired) electrons. The molecule has 0 bridgehead atoms. The summed E-state index contributed by atoms with van der Waals surface area (Å²) >= 11 is 7.36. The average Bonchev–Trinajstić information content (AvgIpc) is 3.00. The van der Waals surface area contributed by atoms with Gasteiger partial charge in [-0.3, -0.25) is 14.2 Å². The fourth-order valence-corrected chi connectivity index (χ4v) is 4.12. The molecule has 0 saturated heterocycles. The summed E-state index contributed by atoms with van der Waals surface area (Å²) in [6.07, 6.45) is 2.64. The van der Waals surface area contributed by atoms with E-state index in [1.807, 2.05) is 43.5 Å². The second kappa shape index (κ2) is 9.71. The van der Waals surface area contributed by atoms with Gasteiger partial charge in [-0.05, 0) is 49.3 Å². The van der Waals surface area contributed by atoms with Crippen LogP contribution in [0.5, 0.6) is 0 Å². The Morgan fingerprint density at radius 2 is 1.93 bits per heavy atom. The van der Waals surface area contributed by atoms with Gasteiger partial charge in [0.05, 0.1) is 5.52 Å². The lowest BCUT2D eigenvalue weighted by atomic mass is 10.1. The van der Waals surface area contributed by atoms with E-state index in [9.17, 15) is 9.59 Å². The number of fused-ring (bicyclic) bond motifs is 1. The number of nitrogens with one attached hydrogen (secondary N) is 1. The number of carbonyl (C=O) groups excluding carboxylic acids is 1. The molecule has 3 rings (SSSR count). The maximum absolute atomic E-state index is 13.2. The quantitative estimate of drug-likeness (QED) is 0.421. The summed E-state index contributed by atoms with van der Waals surface area (Å²) in [7, 11) is 0. The van der Waals surface area contributed by atoms with Crippen LogP contribution >= 0.6 is 23.4 Å². The van der Waals surface area contributed by atoms with Crippen molar-refractivity contribution in [2.75, 3.05) is 12.8 Å². The zero-order chi connectivity index (χ0) is 21.8. The standard InChI is InChI=1S/C22H27ClN4O2S/c1-14(2)12-27-21(29)20-18(25-22(27)30-4)11-15(3)26(20)13-19(28)24-10-9-16-5-7-17(23)8-6-16/h5-8,11,14H,9-10,12-13H2,1-4H3,(H,24,28). The lowest BCUT2D eigenvalue weighted by Gasteiger charge is -2.14. The smallest absolute Gasteiger partial charge is 0.278 e. The van der Waals surface area contributed by atoms with Crippen LogP contribution in [-0.2, 0) is 24.3 Å². The molecule has 8 heteroatoms. The van der Waals surface area contributed by atoms with Crippen LogP contribution in [0.4, 0.5) is 0 Å². The number of hydrogen-bond acceptors (Lipinski definition) is 4. The molecule has 0 fully saturated rings. The summed E-state index contributed by atoms with van der Waals surface area (Å²) in [5, 5.41) is 4.33. The third-order valence-corrected chi connectivity index (χ3v) is 5.79. The molecule has 6 nitrogen and oxygen atoms in total. The number of benzene rings is 1. The molecular formula is C22H27ClN4O2S. The number of hydrogen-bond donors (Lipinski definition) is 1. The van der Waals surface area contributed by atoms with Gasteiger partial charge in [0.25, 0.3) is 5.56 Å². The van der Waals surface area contributed by atoms with Crippen LogP contribution in [0, 0.1) is 12.8 Å². The van der Waals surface area contributed by atoms with Crippen LogP contribution in [0.1, 0.15) is 25.1 Å². The second-order valence-corrected chi connectivity index (χ2v) is 8.95. The zero-order valence-electron chi connectivity index (χ0n) is 17.7. The van der Waals surface area contributed by atoms with E-state index in [1.54, 1.807) is 9.13 Å². The minimum atomic E-state index is -0.131. The predicted octanol–water partition coefficient (Wildman–Crippen LogP) is 3.90. The minimum Gasteiger partial charge on any atom is -0.354 e. The zero-order valence-corrected chi connectivity index (χ0v) is 19.3. The highest BCUT2D eigenvalue weighted by Gasteiger charge is 2.18. The topological polar surface area (TPSA) is 68.9 Å². The molecule has 2 heterocycles. The highest BCUT2D eigenvalue weighted by atomic mass is 35.5. The Bertz CT molecular complexity index is 1100. The van der Waals surface area contributed by atoms with Crippen LogP contribution in [0.15, 0.2) is 40.3 Å². The van der Waals surface area contributed by atoms with Gasteiger partial charge >= 0.3 is 0 Å². The molecule has 0 saturated carbocycles. The molecule has 3 aromatic rings. The molecule has 0 spiro atoms. The minimum absolute atomic E-state index is 0.0904. The number of halogens is 1. The molecule has 30 heavy (non-hydrogen) atoms. The Morgan fingerprint density at radius 1 is 1.23 bits per heavy atom. The van der Waals surface area contributed by atoms with Crippen LogP contribution < -0.4 is 10.9 Å². The molecule has 0 unspecified atom stereocenters. The fourth-order valence-electron chi connectivity index (χ4n) is 3.43. The van der Waals surface area contributed by atoms with Gasteiger partial charge in [-0.2, -0.15) is 0 Å². The Balaban J connectivity index is 1.79. The number of aromatic nitrogens is 3. The van der Waals surface area contributed by atoms with E-state index in [2.05, 4.69) is 24.1 Å².